The third-order valence-corrected chi connectivity index (χ3v) is 13.9. The van der Waals surface area contributed by atoms with Gasteiger partial charge in [-0.3, -0.25) is 0 Å². The Bertz CT molecular complexity index is 3220. The highest BCUT2D eigenvalue weighted by atomic mass is 16.3. The van der Waals surface area contributed by atoms with Gasteiger partial charge in [-0.05, 0) is 123 Å². The molecule has 9 aromatic rings. The molecule has 0 spiro atoms. The molecule has 3 aliphatic rings. The second-order valence-corrected chi connectivity index (χ2v) is 19.2. The van der Waals surface area contributed by atoms with Crippen molar-refractivity contribution in [3.8, 4) is 11.1 Å². The quantitative estimate of drug-likeness (QED) is 0.158. The van der Waals surface area contributed by atoms with E-state index < -0.39 is 0 Å². The molecule has 0 bridgehead atoms. The number of rotatable bonds is 1. The molecule has 5 heterocycles. The van der Waals surface area contributed by atoms with Crippen LogP contribution in [0, 0.1) is 6.92 Å². The Morgan fingerprint density at radius 1 is 0.589 bits per heavy atom. The summed E-state index contributed by atoms with van der Waals surface area (Å²) in [6, 6.07) is 38.7. The predicted octanol–water partition coefficient (Wildman–Crippen LogP) is 12.8. The third-order valence-electron chi connectivity index (χ3n) is 13.9. The zero-order chi connectivity index (χ0) is 38.2. The molecule has 0 radical (unpaired) electrons. The first-order chi connectivity index (χ1) is 26.8. The van der Waals surface area contributed by atoms with Crippen LogP contribution in [0.3, 0.4) is 0 Å². The predicted molar refractivity (Wildman–Crippen MR) is 236 cm³/mol. The molecule has 0 atom stereocenters. The van der Waals surface area contributed by atoms with Crippen LogP contribution in [0.4, 0.5) is 17.1 Å². The number of nitrogens with zero attached hydrogens (tertiary/aromatic N) is 2. The number of hydrogen-bond donors (Lipinski definition) is 0. The van der Waals surface area contributed by atoms with Crippen LogP contribution in [0.15, 0.2) is 112 Å². The lowest BCUT2D eigenvalue weighted by molar-refractivity contribution is 0.332. The van der Waals surface area contributed by atoms with E-state index in [1.807, 2.05) is 0 Å². The second kappa shape index (κ2) is 10.4. The largest absolute Gasteiger partial charge is 0.456 e. The summed E-state index contributed by atoms with van der Waals surface area (Å²) in [6.07, 6.45) is 2.36. The van der Waals surface area contributed by atoms with E-state index in [0.29, 0.717) is 0 Å². The summed E-state index contributed by atoms with van der Waals surface area (Å²) in [5, 5.41) is 4.59. The fourth-order valence-electron chi connectivity index (χ4n) is 10.7. The molecular weight excluding hydrogens is 683 g/mol. The van der Waals surface area contributed by atoms with E-state index in [0.717, 1.165) is 49.4 Å². The van der Waals surface area contributed by atoms with Gasteiger partial charge >= 0.3 is 6.85 Å². The number of benzene rings is 6. The molecule has 0 saturated carbocycles. The molecule has 0 amide bonds. The number of furan rings is 2. The summed E-state index contributed by atoms with van der Waals surface area (Å²) < 4.78 is 16.1. The lowest BCUT2D eigenvalue weighted by Gasteiger charge is -2.45. The minimum absolute atomic E-state index is 0.0650. The van der Waals surface area contributed by atoms with Crippen molar-refractivity contribution < 1.29 is 8.83 Å². The Morgan fingerprint density at radius 2 is 1.27 bits per heavy atom. The van der Waals surface area contributed by atoms with E-state index in [-0.39, 0.29) is 23.1 Å². The first-order valence-corrected chi connectivity index (χ1v) is 20.3. The molecule has 2 aliphatic heterocycles. The normalized spacial score (nSPS) is 16.6. The van der Waals surface area contributed by atoms with E-state index in [1.54, 1.807) is 0 Å². The maximum Gasteiger partial charge on any atom is 0.333 e. The average Bonchev–Trinajstić information content (AvgIpc) is 3.83. The molecule has 0 saturated heterocycles. The Kier molecular flexibility index (Phi) is 6.04. The van der Waals surface area contributed by atoms with E-state index in [4.69, 9.17) is 8.83 Å². The summed E-state index contributed by atoms with van der Waals surface area (Å²) in [5.41, 5.74) is 20.6. The van der Waals surface area contributed by atoms with E-state index in [2.05, 4.69) is 168 Å². The number of anilines is 3. The standard InChI is InChI=1S/C51H45BN2O2/c1-28-22-36-37(51(7,8)21-20-50(36,5)6)26-39(28)53-40-25-34-30-14-9-11-18-42(30)55-44(34)27-38(40)52-45-35(23-29(24-41(45)53)49(2,3)4)31-16-13-17-33-46(31)54(52)47-32-15-10-12-19-43(32)56-48(33)47/h9-19,22-27H,20-21H2,1-8H3. The van der Waals surface area contributed by atoms with Gasteiger partial charge < -0.3 is 18.2 Å². The fraction of sp³-hybridized carbons (Fsp3) is 0.255. The number of fused-ring (bicyclic) bond motifs is 13. The van der Waals surface area contributed by atoms with Crippen LogP contribution in [0.25, 0.3) is 66.0 Å². The van der Waals surface area contributed by atoms with Crippen LogP contribution >= 0.6 is 0 Å². The van der Waals surface area contributed by atoms with Crippen molar-refractivity contribution in [3.63, 3.8) is 0 Å². The Hall–Kier alpha value is -5.68. The number of hydrogen-bond acceptors (Lipinski definition) is 3. The Labute approximate surface area is 327 Å². The van der Waals surface area contributed by atoms with Gasteiger partial charge in [0.25, 0.3) is 0 Å². The molecule has 274 valence electrons. The summed E-state index contributed by atoms with van der Waals surface area (Å²) in [5.74, 6) is 0. The molecule has 4 nitrogen and oxygen atoms in total. The summed E-state index contributed by atoms with van der Waals surface area (Å²) in [6.45, 7) is 19.0. The highest BCUT2D eigenvalue weighted by Crippen LogP contribution is 2.52. The van der Waals surface area contributed by atoms with Crippen LogP contribution < -0.4 is 15.8 Å². The average molecular weight is 729 g/mol. The minimum Gasteiger partial charge on any atom is -0.456 e. The molecule has 12 rings (SSSR count). The number of aryl methyl sites for hydroxylation is 1. The van der Waals surface area contributed by atoms with Gasteiger partial charge in [-0.1, -0.05) is 103 Å². The van der Waals surface area contributed by atoms with Gasteiger partial charge in [0, 0.05) is 49.7 Å². The van der Waals surface area contributed by atoms with Gasteiger partial charge in [-0.15, -0.1) is 0 Å². The van der Waals surface area contributed by atoms with Crippen molar-refractivity contribution in [3.05, 3.63) is 125 Å². The van der Waals surface area contributed by atoms with Crippen molar-refractivity contribution in [2.45, 2.75) is 84.5 Å². The first kappa shape index (κ1) is 32.6. The van der Waals surface area contributed by atoms with Gasteiger partial charge in [0.15, 0.2) is 5.58 Å². The summed E-state index contributed by atoms with van der Waals surface area (Å²) in [4.78, 5) is 2.63. The Morgan fingerprint density at radius 3 is 2.02 bits per heavy atom. The first-order valence-electron chi connectivity index (χ1n) is 20.3. The zero-order valence-corrected chi connectivity index (χ0v) is 33.5. The molecular formula is C51H45BN2O2. The van der Waals surface area contributed by atoms with Gasteiger partial charge in [-0.2, -0.15) is 0 Å². The molecule has 3 aromatic heterocycles. The van der Waals surface area contributed by atoms with Crippen molar-refractivity contribution >= 4 is 89.7 Å². The third kappa shape index (κ3) is 4.06. The summed E-state index contributed by atoms with van der Waals surface area (Å²) >= 11 is 0. The van der Waals surface area contributed by atoms with Crippen LogP contribution in [0.1, 0.15) is 83.6 Å². The van der Waals surface area contributed by atoms with Crippen molar-refractivity contribution in [2.75, 3.05) is 4.90 Å². The van der Waals surface area contributed by atoms with Gasteiger partial charge in [0.05, 0.1) is 5.52 Å². The van der Waals surface area contributed by atoms with Crippen molar-refractivity contribution in [1.82, 2.24) is 4.48 Å². The molecule has 0 N–H and O–H groups in total. The fourth-order valence-corrected chi connectivity index (χ4v) is 10.7. The highest BCUT2D eigenvalue weighted by Gasteiger charge is 2.46. The van der Waals surface area contributed by atoms with Crippen LogP contribution in [0.5, 0.6) is 0 Å². The van der Waals surface area contributed by atoms with Crippen molar-refractivity contribution in [2.24, 2.45) is 0 Å². The number of aromatic nitrogens is 1. The van der Waals surface area contributed by atoms with Crippen LogP contribution in [-0.2, 0) is 16.2 Å². The van der Waals surface area contributed by atoms with Crippen LogP contribution in [0.2, 0.25) is 0 Å². The van der Waals surface area contributed by atoms with E-state index in [1.165, 1.54) is 79.7 Å². The molecule has 6 aromatic carbocycles. The zero-order valence-electron chi connectivity index (χ0n) is 33.5. The lowest BCUT2D eigenvalue weighted by atomic mass is 9.44. The Balaban J connectivity index is 1.28. The molecule has 0 fully saturated rings. The smallest absolute Gasteiger partial charge is 0.333 e. The molecule has 1 aliphatic carbocycles. The molecule has 56 heavy (non-hydrogen) atoms. The molecule has 5 heteroatoms. The molecule has 0 unspecified atom stereocenters. The van der Waals surface area contributed by atoms with Crippen LogP contribution in [-0.4, -0.2) is 11.3 Å². The maximum atomic E-state index is 6.79. The number of para-hydroxylation sites is 3. The van der Waals surface area contributed by atoms with E-state index in [9.17, 15) is 0 Å². The minimum atomic E-state index is -0.109. The lowest BCUT2D eigenvalue weighted by Crippen LogP contribution is -2.57. The maximum absolute atomic E-state index is 6.79. The second-order valence-electron chi connectivity index (χ2n) is 19.2. The van der Waals surface area contributed by atoms with E-state index >= 15 is 0 Å². The monoisotopic (exact) mass is 728 g/mol. The topological polar surface area (TPSA) is 34.5 Å². The highest BCUT2D eigenvalue weighted by molar-refractivity contribution is 6.90. The van der Waals surface area contributed by atoms with Gasteiger partial charge in [0.2, 0.25) is 0 Å². The van der Waals surface area contributed by atoms with Crippen molar-refractivity contribution in [1.29, 1.82) is 0 Å². The summed E-state index contributed by atoms with van der Waals surface area (Å²) in [7, 11) is 0. The SMILES string of the molecule is Cc1cc2c(cc1N1c3cc4c(cc3B3c5c(cc(C(C)(C)C)cc51)-c1cccc5c6oc7ccccc7c6n3c15)oc1ccccc14)C(C)(C)CCC2(C)C. The van der Waals surface area contributed by atoms with Gasteiger partial charge in [-0.25, -0.2) is 0 Å². The van der Waals surface area contributed by atoms with Gasteiger partial charge in [0.1, 0.15) is 16.7 Å².